The summed E-state index contributed by atoms with van der Waals surface area (Å²) in [4.78, 5) is 18.1. The molecule has 0 radical (unpaired) electrons. The van der Waals surface area contributed by atoms with Crippen LogP contribution in [0.25, 0.3) is 0 Å². The maximum absolute atomic E-state index is 13.6. The number of aryl methyl sites for hydroxylation is 1. The van der Waals surface area contributed by atoms with Crippen LogP contribution >= 0.6 is 0 Å². The van der Waals surface area contributed by atoms with Crippen molar-refractivity contribution in [3.63, 3.8) is 0 Å². The lowest BCUT2D eigenvalue weighted by molar-refractivity contribution is -0.123. The zero-order valence-electron chi connectivity index (χ0n) is 16.9. The smallest absolute Gasteiger partial charge is 0.230 e. The highest BCUT2D eigenvalue weighted by Crippen LogP contribution is 2.32. The summed E-state index contributed by atoms with van der Waals surface area (Å²) < 4.78 is 2.26. The topological polar surface area (TPSA) is 28.5 Å². The number of carbonyl (C=O) groups excluding carboxylic acids is 1. The standard InChI is InChI=1S/C25H27N3O/c1-19-7-2-4-10-23(19)26-15-12-20(13-16-26)25(29)28-18-22-9-6-14-27(22)17-21-8-3-5-11-24(21)28/h2-11,14,20H,12-13,15-18H2,1H3. The van der Waals surface area contributed by atoms with Gasteiger partial charge >= 0.3 is 0 Å². The van der Waals surface area contributed by atoms with Crippen LogP contribution in [-0.2, 0) is 17.9 Å². The van der Waals surface area contributed by atoms with Gasteiger partial charge in [-0.3, -0.25) is 4.79 Å². The van der Waals surface area contributed by atoms with Crippen LogP contribution in [0.5, 0.6) is 0 Å². The van der Waals surface area contributed by atoms with Crippen LogP contribution in [0, 0.1) is 12.8 Å². The molecule has 0 bridgehead atoms. The predicted octanol–water partition coefficient (Wildman–Crippen LogP) is 4.61. The number of hydrogen-bond acceptors (Lipinski definition) is 2. The van der Waals surface area contributed by atoms with E-state index in [0.717, 1.165) is 38.2 Å². The van der Waals surface area contributed by atoms with Gasteiger partial charge in [-0.05, 0) is 55.2 Å². The Morgan fingerprint density at radius 1 is 0.862 bits per heavy atom. The molecule has 0 aliphatic carbocycles. The lowest BCUT2D eigenvalue weighted by atomic mass is 9.94. The molecule has 2 aromatic carbocycles. The molecular formula is C25H27N3O. The first kappa shape index (κ1) is 18.0. The number of nitrogens with zero attached hydrogens (tertiary/aromatic N) is 3. The molecule has 0 atom stereocenters. The maximum Gasteiger partial charge on any atom is 0.230 e. The van der Waals surface area contributed by atoms with E-state index >= 15 is 0 Å². The number of rotatable bonds is 2. The van der Waals surface area contributed by atoms with Crippen molar-refractivity contribution in [1.29, 1.82) is 0 Å². The molecule has 2 aliphatic heterocycles. The molecule has 1 fully saturated rings. The number of piperidine rings is 1. The van der Waals surface area contributed by atoms with Gasteiger partial charge in [-0.15, -0.1) is 0 Å². The summed E-state index contributed by atoms with van der Waals surface area (Å²) >= 11 is 0. The van der Waals surface area contributed by atoms with Gasteiger partial charge < -0.3 is 14.4 Å². The number of para-hydroxylation sites is 2. The number of hydrogen-bond donors (Lipinski definition) is 0. The van der Waals surface area contributed by atoms with Crippen LogP contribution in [0.2, 0.25) is 0 Å². The van der Waals surface area contributed by atoms with Gasteiger partial charge in [-0.25, -0.2) is 0 Å². The molecule has 29 heavy (non-hydrogen) atoms. The number of carbonyl (C=O) groups is 1. The average Bonchev–Trinajstić information content (AvgIpc) is 3.13. The van der Waals surface area contributed by atoms with Crippen LogP contribution < -0.4 is 9.80 Å². The van der Waals surface area contributed by atoms with Crippen molar-refractivity contribution in [2.75, 3.05) is 22.9 Å². The van der Waals surface area contributed by atoms with Gasteiger partial charge in [0, 0.05) is 48.8 Å². The molecule has 3 aromatic rings. The van der Waals surface area contributed by atoms with Crippen molar-refractivity contribution < 1.29 is 4.79 Å². The molecule has 0 saturated carbocycles. The highest BCUT2D eigenvalue weighted by molar-refractivity contribution is 5.96. The second kappa shape index (κ2) is 7.43. The first-order valence-electron chi connectivity index (χ1n) is 10.5. The van der Waals surface area contributed by atoms with E-state index in [-0.39, 0.29) is 11.8 Å². The number of fused-ring (bicyclic) bond motifs is 2. The summed E-state index contributed by atoms with van der Waals surface area (Å²) in [6.45, 7) is 5.52. The van der Waals surface area contributed by atoms with Crippen molar-refractivity contribution in [1.82, 2.24) is 4.57 Å². The molecule has 0 N–H and O–H groups in total. The van der Waals surface area contributed by atoms with Crippen molar-refractivity contribution in [3.05, 3.63) is 83.7 Å². The average molecular weight is 386 g/mol. The van der Waals surface area contributed by atoms with E-state index in [2.05, 4.69) is 77.2 Å². The molecule has 4 heteroatoms. The molecule has 3 heterocycles. The van der Waals surface area contributed by atoms with Gasteiger partial charge in [-0.2, -0.15) is 0 Å². The highest BCUT2D eigenvalue weighted by Gasteiger charge is 2.32. The summed E-state index contributed by atoms with van der Waals surface area (Å²) in [6, 6.07) is 21.1. The zero-order valence-corrected chi connectivity index (χ0v) is 16.9. The Labute approximate surface area is 172 Å². The SMILES string of the molecule is Cc1ccccc1N1CCC(C(=O)N2Cc3cccn3Cc3ccccc32)CC1. The van der Waals surface area contributed by atoms with Crippen LogP contribution in [0.15, 0.2) is 66.9 Å². The summed E-state index contributed by atoms with van der Waals surface area (Å²) in [5.74, 6) is 0.362. The van der Waals surface area contributed by atoms with E-state index in [9.17, 15) is 4.79 Å². The maximum atomic E-state index is 13.6. The molecular weight excluding hydrogens is 358 g/mol. The fraction of sp³-hybridized carbons (Fsp3) is 0.320. The first-order chi connectivity index (χ1) is 14.2. The van der Waals surface area contributed by atoms with Crippen molar-refractivity contribution in [2.45, 2.75) is 32.9 Å². The third kappa shape index (κ3) is 3.33. The Bertz CT molecular complexity index is 1030. The van der Waals surface area contributed by atoms with Gasteiger partial charge in [0.15, 0.2) is 0 Å². The molecule has 0 spiro atoms. The Kier molecular flexibility index (Phi) is 4.62. The summed E-state index contributed by atoms with van der Waals surface area (Å²) in [5.41, 5.74) is 6.10. The van der Waals surface area contributed by atoms with E-state index in [1.807, 2.05) is 11.0 Å². The number of aromatic nitrogens is 1. The Morgan fingerprint density at radius 3 is 2.38 bits per heavy atom. The Hall–Kier alpha value is -3.01. The summed E-state index contributed by atoms with van der Waals surface area (Å²) in [5, 5.41) is 0. The minimum Gasteiger partial charge on any atom is -0.371 e. The van der Waals surface area contributed by atoms with E-state index in [0.29, 0.717) is 6.54 Å². The van der Waals surface area contributed by atoms with E-state index < -0.39 is 0 Å². The number of benzene rings is 2. The molecule has 1 aromatic heterocycles. The third-order valence-electron chi connectivity index (χ3n) is 6.43. The van der Waals surface area contributed by atoms with Gasteiger partial charge in [0.2, 0.25) is 5.91 Å². The minimum atomic E-state index is 0.0878. The van der Waals surface area contributed by atoms with Crippen LogP contribution in [0.3, 0.4) is 0 Å². The van der Waals surface area contributed by atoms with E-state index in [1.165, 1.54) is 22.5 Å². The predicted molar refractivity (Wildman–Crippen MR) is 117 cm³/mol. The minimum absolute atomic E-state index is 0.0878. The fourth-order valence-corrected chi connectivity index (χ4v) is 4.79. The van der Waals surface area contributed by atoms with Crippen LogP contribution in [-0.4, -0.2) is 23.6 Å². The normalized spacial score (nSPS) is 16.9. The summed E-state index contributed by atoms with van der Waals surface area (Å²) in [7, 11) is 0. The second-order valence-corrected chi connectivity index (χ2v) is 8.23. The van der Waals surface area contributed by atoms with E-state index in [4.69, 9.17) is 0 Å². The lowest BCUT2D eigenvalue weighted by Crippen LogP contribution is -2.42. The quantitative estimate of drug-likeness (QED) is 0.645. The summed E-state index contributed by atoms with van der Waals surface area (Å²) in [6.07, 6.45) is 3.93. The van der Waals surface area contributed by atoms with Crippen LogP contribution in [0.1, 0.15) is 29.7 Å². The second-order valence-electron chi connectivity index (χ2n) is 8.23. The molecule has 148 valence electrons. The largest absolute Gasteiger partial charge is 0.371 e. The zero-order chi connectivity index (χ0) is 19.8. The monoisotopic (exact) mass is 385 g/mol. The molecule has 2 aliphatic rings. The van der Waals surface area contributed by atoms with Gasteiger partial charge in [-0.1, -0.05) is 36.4 Å². The molecule has 5 rings (SSSR count). The van der Waals surface area contributed by atoms with Crippen LogP contribution in [0.4, 0.5) is 11.4 Å². The van der Waals surface area contributed by atoms with Crippen molar-refractivity contribution in [3.8, 4) is 0 Å². The van der Waals surface area contributed by atoms with Crippen molar-refractivity contribution in [2.24, 2.45) is 5.92 Å². The third-order valence-corrected chi connectivity index (χ3v) is 6.43. The number of anilines is 2. The molecule has 1 saturated heterocycles. The van der Waals surface area contributed by atoms with Crippen molar-refractivity contribution >= 4 is 17.3 Å². The van der Waals surface area contributed by atoms with Gasteiger partial charge in [0.05, 0.1) is 6.54 Å². The number of amides is 1. The molecule has 1 amide bonds. The molecule has 0 unspecified atom stereocenters. The highest BCUT2D eigenvalue weighted by atomic mass is 16.2. The molecule has 4 nitrogen and oxygen atoms in total. The first-order valence-corrected chi connectivity index (χ1v) is 10.5. The van der Waals surface area contributed by atoms with Gasteiger partial charge in [0.1, 0.15) is 0 Å². The van der Waals surface area contributed by atoms with Gasteiger partial charge in [0.25, 0.3) is 0 Å². The lowest BCUT2D eigenvalue weighted by Gasteiger charge is -2.36. The fourth-order valence-electron chi connectivity index (χ4n) is 4.79. The van der Waals surface area contributed by atoms with E-state index in [1.54, 1.807) is 0 Å². The Balaban J connectivity index is 1.36. The Morgan fingerprint density at radius 2 is 1.59 bits per heavy atom.